The van der Waals surface area contributed by atoms with E-state index in [4.69, 9.17) is 32.7 Å². The van der Waals surface area contributed by atoms with Crippen LogP contribution in [0.2, 0.25) is 5.02 Å². The fourth-order valence-corrected chi connectivity index (χ4v) is 8.61. The monoisotopic (exact) mass is 902 g/mol. The number of methoxy groups -OCH3 is 1. The van der Waals surface area contributed by atoms with Gasteiger partial charge in [-0.1, -0.05) is 121 Å². The molecule has 0 spiro atoms. The first-order valence-electron chi connectivity index (χ1n) is 20.8. The highest BCUT2D eigenvalue weighted by molar-refractivity contribution is 8.01. The molecule has 2 N–H and O–H groups in total. The minimum Gasteiger partial charge on any atom is -0.497 e. The van der Waals surface area contributed by atoms with E-state index in [1.807, 2.05) is 12.1 Å². The standard InChI is InChI=1S/C48H56Cl2N4O7S/c1-10-29-53-44(59)54(47(50,42(57)51-34-17-15-14-16-18-34)40(55)31-19-24-35(60-9)25-20-31)43(58)48(53,62-36-26-22-33(49)23-27-36)52-41(56)38(11-2)61-39-28-21-32(45(5,6)12-3)30-37(39)46(7,8)13-4/h14-28,30,38H,10-13,29H2,1-9H3,(H,51,57)(H,52,56). The fourth-order valence-electron chi connectivity index (χ4n) is 6.95. The van der Waals surface area contributed by atoms with E-state index >= 15 is 9.59 Å². The van der Waals surface area contributed by atoms with Crippen LogP contribution >= 0.6 is 35.0 Å². The number of alkyl halides is 1. The number of imide groups is 1. The van der Waals surface area contributed by atoms with Gasteiger partial charge in [-0.25, -0.2) is 9.69 Å². The number of thioether (sulfide) groups is 1. The van der Waals surface area contributed by atoms with Gasteiger partial charge >= 0.3 is 6.03 Å². The third kappa shape index (κ3) is 9.62. The Labute approximate surface area is 379 Å². The number of carbonyl (C=O) groups is 5. The van der Waals surface area contributed by atoms with Crippen molar-refractivity contribution >= 4 is 70.2 Å². The molecule has 1 fully saturated rings. The van der Waals surface area contributed by atoms with E-state index in [1.165, 1.54) is 31.4 Å². The van der Waals surface area contributed by atoms with Crippen LogP contribution in [0.1, 0.15) is 103 Å². The zero-order valence-corrected chi connectivity index (χ0v) is 39.1. The maximum atomic E-state index is 15.5. The number of halogens is 2. The molecule has 5 amide bonds. The molecular weight excluding hydrogens is 848 g/mol. The van der Waals surface area contributed by atoms with Crippen LogP contribution in [0.4, 0.5) is 10.5 Å². The quantitative estimate of drug-likeness (QED) is 0.0237. The highest BCUT2D eigenvalue weighted by Crippen LogP contribution is 2.46. The van der Waals surface area contributed by atoms with Gasteiger partial charge in [-0.3, -0.25) is 24.1 Å². The summed E-state index contributed by atoms with van der Waals surface area (Å²) in [4.78, 5) is 71.5. The minimum absolute atomic E-state index is 0.0860. The lowest BCUT2D eigenvalue weighted by Crippen LogP contribution is -2.64. The van der Waals surface area contributed by atoms with E-state index in [2.05, 4.69) is 58.2 Å². The number of nitrogens with one attached hydrogen (secondary N) is 2. The predicted molar refractivity (Wildman–Crippen MR) is 246 cm³/mol. The van der Waals surface area contributed by atoms with Crippen molar-refractivity contribution in [2.75, 3.05) is 19.0 Å². The molecule has 3 atom stereocenters. The lowest BCUT2D eigenvalue weighted by atomic mass is 9.76. The van der Waals surface area contributed by atoms with Crippen LogP contribution in [-0.4, -0.2) is 69.1 Å². The van der Waals surface area contributed by atoms with Crippen LogP contribution in [0.15, 0.2) is 102 Å². The van der Waals surface area contributed by atoms with Crippen LogP contribution < -0.4 is 20.1 Å². The normalized spacial score (nSPS) is 17.0. The second-order valence-electron chi connectivity index (χ2n) is 16.5. The molecule has 11 nitrogen and oxygen atoms in total. The Morgan fingerprint density at radius 1 is 0.839 bits per heavy atom. The fraction of sp³-hybridized carbons (Fsp3) is 0.396. The Hall–Kier alpha value is -5.04. The summed E-state index contributed by atoms with van der Waals surface area (Å²) in [6.07, 6.45) is 1.03. The zero-order valence-electron chi connectivity index (χ0n) is 36.8. The molecule has 4 aromatic carbocycles. The van der Waals surface area contributed by atoms with E-state index in [9.17, 15) is 14.4 Å². The smallest absolute Gasteiger partial charge is 0.332 e. The zero-order chi connectivity index (χ0) is 45.6. The van der Waals surface area contributed by atoms with E-state index in [1.54, 1.807) is 68.4 Å². The van der Waals surface area contributed by atoms with Gasteiger partial charge in [0.1, 0.15) is 11.5 Å². The highest BCUT2D eigenvalue weighted by Gasteiger charge is 2.68. The van der Waals surface area contributed by atoms with Gasteiger partial charge < -0.3 is 20.1 Å². The van der Waals surface area contributed by atoms with Gasteiger partial charge in [-0.15, -0.1) is 0 Å². The minimum atomic E-state index is -2.99. The Morgan fingerprint density at radius 3 is 2.03 bits per heavy atom. The number of amides is 5. The number of benzene rings is 4. The Balaban J connectivity index is 1.66. The number of nitrogens with zero attached hydrogens (tertiary/aromatic N) is 2. The van der Waals surface area contributed by atoms with E-state index in [-0.39, 0.29) is 35.0 Å². The van der Waals surface area contributed by atoms with Gasteiger partial charge in [0, 0.05) is 33.3 Å². The number of rotatable bonds is 19. The van der Waals surface area contributed by atoms with Crippen LogP contribution in [0, 0.1) is 0 Å². The molecule has 5 rings (SSSR count). The molecule has 0 aliphatic carbocycles. The number of urea groups is 1. The second kappa shape index (κ2) is 19.6. The molecule has 3 unspecified atom stereocenters. The molecule has 1 saturated heterocycles. The van der Waals surface area contributed by atoms with Crippen molar-refractivity contribution in [3.05, 3.63) is 119 Å². The van der Waals surface area contributed by atoms with Crippen molar-refractivity contribution in [3.63, 3.8) is 0 Å². The number of anilines is 1. The molecule has 330 valence electrons. The summed E-state index contributed by atoms with van der Waals surface area (Å²) >= 11 is 14.4. The second-order valence-corrected chi connectivity index (χ2v) is 18.7. The Morgan fingerprint density at radius 2 is 1.47 bits per heavy atom. The van der Waals surface area contributed by atoms with Crippen LogP contribution in [-0.2, 0) is 25.2 Å². The molecule has 1 heterocycles. The maximum Gasteiger partial charge on any atom is 0.332 e. The van der Waals surface area contributed by atoms with E-state index < -0.39 is 45.6 Å². The van der Waals surface area contributed by atoms with Gasteiger partial charge in [0.05, 0.1) is 7.11 Å². The first-order chi connectivity index (χ1) is 29.3. The van der Waals surface area contributed by atoms with Gasteiger partial charge in [-0.2, -0.15) is 0 Å². The number of ketones is 1. The lowest BCUT2D eigenvalue weighted by Gasteiger charge is -2.36. The molecule has 62 heavy (non-hydrogen) atoms. The highest BCUT2D eigenvalue weighted by atomic mass is 35.5. The van der Waals surface area contributed by atoms with Gasteiger partial charge in [0.2, 0.25) is 5.78 Å². The van der Waals surface area contributed by atoms with Crippen molar-refractivity contribution in [2.24, 2.45) is 0 Å². The lowest BCUT2D eigenvalue weighted by molar-refractivity contribution is -0.140. The van der Waals surface area contributed by atoms with Crippen LogP contribution in [0.5, 0.6) is 11.5 Å². The number of carbonyl (C=O) groups excluding carboxylic acids is 5. The molecule has 14 heteroatoms. The molecule has 4 aromatic rings. The number of hydrogen-bond donors (Lipinski definition) is 2. The maximum absolute atomic E-state index is 15.5. The van der Waals surface area contributed by atoms with Crippen molar-refractivity contribution in [1.82, 2.24) is 15.1 Å². The SMILES string of the molecule is CCCN1C(=O)N(C(Cl)(C(=O)Nc2ccccc2)C(=O)c2ccc(OC)cc2)C(=O)C1(NC(=O)C(CC)Oc1ccc(C(C)(C)CC)cc1C(C)(C)CC)Sc1ccc(Cl)cc1. The van der Waals surface area contributed by atoms with Gasteiger partial charge in [0.25, 0.3) is 27.7 Å². The van der Waals surface area contributed by atoms with Crippen LogP contribution in [0.25, 0.3) is 0 Å². The van der Waals surface area contributed by atoms with Crippen molar-refractivity contribution in [3.8, 4) is 11.5 Å². The summed E-state index contributed by atoms with van der Waals surface area (Å²) in [7, 11) is 1.45. The average Bonchev–Trinajstić information content (AvgIpc) is 3.46. The molecule has 0 bridgehead atoms. The molecule has 0 radical (unpaired) electrons. The summed E-state index contributed by atoms with van der Waals surface area (Å²) in [5.74, 6) is -3.15. The summed E-state index contributed by atoms with van der Waals surface area (Å²) in [5.41, 5.74) is 1.78. The van der Waals surface area contributed by atoms with Gasteiger partial charge in [-0.05, 0) is 109 Å². The molecule has 0 saturated carbocycles. The summed E-state index contributed by atoms with van der Waals surface area (Å²) in [6.45, 7) is 16.3. The third-order valence-corrected chi connectivity index (χ3v) is 13.7. The molecule has 1 aliphatic heterocycles. The van der Waals surface area contributed by atoms with Crippen molar-refractivity contribution in [1.29, 1.82) is 0 Å². The number of Topliss-reactive ketones (excluding diaryl/α,β-unsaturated/α-hetero) is 1. The predicted octanol–water partition coefficient (Wildman–Crippen LogP) is 10.6. The first-order valence-corrected chi connectivity index (χ1v) is 22.4. The van der Waals surface area contributed by atoms with Crippen LogP contribution in [0.3, 0.4) is 0 Å². The van der Waals surface area contributed by atoms with Crippen molar-refractivity contribution < 1.29 is 33.4 Å². The summed E-state index contributed by atoms with van der Waals surface area (Å²) in [5, 5.41) is 5.94. The third-order valence-electron chi connectivity index (χ3n) is 11.6. The summed E-state index contributed by atoms with van der Waals surface area (Å²) in [6, 6.07) is 25.4. The van der Waals surface area contributed by atoms with Crippen molar-refractivity contribution in [2.45, 2.75) is 113 Å². The van der Waals surface area contributed by atoms with Gasteiger partial charge in [0.15, 0.2) is 6.10 Å². The Bertz CT molecular complexity index is 2270. The largest absolute Gasteiger partial charge is 0.497 e. The topological polar surface area (TPSA) is 134 Å². The average molecular weight is 904 g/mol. The number of ether oxygens (including phenoxy) is 2. The molecule has 0 aromatic heterocycles. The van der Waals surface area contributed by atoms with E-state index in [0.717, 1.165) is 40.6 Å². The van der Waals surface area contributed by atoms with E-state index in [0.29, 0.717) is 32.7 Å². The molecular formula is C48H56Cl2N4O7S. The number of hydrogen-bond acceptors (Lipinski definition) is 8. The number of para-hydroxylation sites is 1. The molecule has 1 aliphatic rings. The first kappa shape index (κ1) is 48.0. The Kier molecular flexibility index (Phi) is 15.1. The summed E-state index contributed by atoms with van der Waals surface area (Å²) < 4.78 is 11.9.